The Balaban J connectivity index is 3.15. The second-order valence-corrected chi connectivity index (χ2v) is 4.25. The van der Waals surface area contributed by atoms with Crippen LogP contribution < -0.4 is 0 Å². The van der Waals surface area contributed by atoms with Crippen molar-refractivity contribution in [2.45, 2.75) is 26.7 Å². The van der Waals surface area contributed by atoms with Gasteiger partial charge in [0.2, 0.25) is 0 Å². The van der Waals surface area contributed by atoms with Crippen LogP contribution in [0, 0.1) is 10.1 Å². The molecule has 0 saturated carbocycles. The fourth-order valence-electron chi connectivity index (χ4n) is 1.88. The zero-order valence-electron chi connectivity index (χ0n) is 11.1. The van der Waals surface area contributed by atoms with Crippen molar-refractivity contribution in [1.82, 2.24) is 4.90 Å². The van der Waals surface area contributed by atoms with Gasteiger partial charge < -0.3 is 10.0 Å². The van der Waals surface area contributed by atoms with Gasteiger partial charge in [0.1, 0.15) is 11.3 Å². The van der Waals surface area contributed by atoms with Gasteiger partial charge in [-0.1, -0.05) is 13.8 Å². The first kappa shape index (κ1) is 14.9. The minimum atomic E-state index is -0.608. The lowest BCUT2D eigenvalue weighted by molar-refractivity contribution is -0.385. The molecule has 0 unspecified atom stereocenters. The Labute approximate surface area is 111 Å². The lowest BCUT2D eigenvalue weighted by Gasteiger charge is -2.21. The summed E-state index contributed by atoms with van der Waals surface area (Å²) >= 11 is 0. The monoisotopic (exact) mass is 266 g/mol. The number of aromatic hydroxyl groups is 1. The quantitative estimate of drug-likeness (QED) is 0.633. The van der Waals surface area contributed by atoms with Gasteiger partial charge in [0, 0.05) is 19.2 Å². The zero-order chi connectivity index (χ0) is 14.4. The van der Waals surface area contributed by atoms with E-state index in [1.165, 1.54) is 6.07 Å². The van der Waals surface area contributed by atoms with Gasteiger partial charge in [0.25, 0.3) is 11.6 Å². The second-order valence-electron chi connectivity index (χ2n) is 4.25. The standard InChI is InChI=1S/C13H18N2O4/c1-3-7-14(8-4-2)13(17)11-9-10(16)5-6-12(11)15(18)19/h5-6,9,16H,3-4,7-8H2,1-2H3. The van der Waals surface area contributed by atoms with Crippen molar-refractivity contribution < 1.29 is 14.8 Å². The van der Waals surface area contributed by atoms with Crippen molar-refractivity contribution in [3.05, 3.63) is 33.9 Å². The van der Waals surface area contributed by atoms with Crippen LogP contribution in [0.3, 0.4) is 0 Å². The van der Waals surface area contributed by atoms with Crippen LogP contribution >= 0.6 is 0 Å². The molecule has 19 heavy (non-hydrogen) atoms. The number of hydrogen-bond donors (Lipinski definition) is 1. The summed E-state index contributed by atoms with van der Waals surface area (Å²) in [6, 6.07) is 3.51. The molecule has 0 heterocycles. The first-order valence-corrected chi connectivity index (χ1v) is 6.27. The number of benzene rings is 1. The van der Waals surface area contributed by atoms with E-state index in [2.05, 4.69) is 0 Å². The van der Waals surface area contributed by atoms with E-state index in [1.54, 1.807) is 4.90 Å². The number of carbonyl (C=O) groups excluding carboxylic acids is 1. The molecule has 0 aliphatic heterocycles. The number of phenolic OH excluding ortho intramolecular Hbond substituents is 1. The Morgan fingerprint density at radius 1 is 1.32 bits per heavy atom. The molecule has 1 rings (SSSR count). The van der Waals surface area contributed by atoms with Crippen molar-refractivity contribution in [2.24, 2.45) is 0 Å². The van der Waals surface area contributed by atoms with Gasteiger partial charge >= 0.3 is 0 Å². The van der Waals surface area contributed by atoms with Gasteiger partial charge in [-0.3, -0.25) is 14.9 Å². The molecule has 0 aliphatic carbocycles. The third-order valence-corrected chi connectivity index (χ3v) is 2.68. The molecule has 1 amide bonds. The topological polar surface area (TPSA) is 83.7 Å². The maximum Gasteiger partial charge on any atom is 0.282 e. The highest BCUT2D eigenvalue weighted by Gasteiger charge is 2.24. The highest BCUT2D eigenvalue weighted by molar-refractivity contribution is 5.98. The van der Waals surface area contributed by atoms with Crippen LogP contribution in [0.5, 0.6) is 5.75 Å². The minimum Gasteiger partial charge on any atom is -0.508 e. The summed E-state index contributed by atoms with van der Waals surface area (Å²) in [7, 11) is 0. The summed E-state index contributed by atoms with van der Waals surface area (Å²) in [6.45, 7) is 4.96. The Hall–Kier alpha value is -2.11. The average Bonchev–Trinajstić information content (AvgIpc) is 2.37. The van der Waals surface area contributed by atoms with Crippen molar-refractivity contribution >= 4 is 11.6 Å². The number of nitrogens with zero attached hydrogens (tertiary/aromatic N) is 2. The molecular formula is C13H18N2O4. The molecule has 6 nitrogen and oxygen atoms in total. The maximum atomic E-state index is 12.3. The van der Waals surface area contributed by atoms with Crippen LogP contribution in [0.25, 0.3) is 0 Å². The van der Waals surface area contributed by atoms with Crippen molar-refractivity contribution in [3.63, 3.8) is 0 Å². The van der Waals surface area contributed by atoms with Crippen LogP contribution in [0.4, 0.5) is 5.69 Å². The maximum absolute atomic E-state index is 12.3. The molecule has 0 bridgehead atoms. The Bertz CT molecular complexity index is 468. The van der Waals surface area contributed by atoms with E-state index in [0.717, 1.165) is 25.0 Å². The van der Waals surface area contributed by atoms with E-state index in [4.69, 9.17) is 0 Å². The molecule has 0 atom stereocenters. The number of amides is 1. The van der Waals surface area contributed by atoms with Gasteiger partial charge in [0.05, 0.1) is 4.92 Å². The first-order valence-electron chi connectivity index (χ1n) is 6.27. The molecule has 0 radical (unpaired) electrons. The van der Waals surface area contributed by atoms with Gasteiger partial charge in [-0.2, -0.15) is 0 Å². The summed E-state index contributed by atoms with van der Waals surface area (Å²) in [6.07, 6.45) is 1.55. The van der Waals surface area contributed by atoms with Crippen LogP contribution in [-0.4, -0.2) is 33.9 Å². The highest BCUT2D eigenvalue weighted by Crippen LogP contribution is 2.24. The minimum absolute atomic E-state index is 0.0631. The van der Waals surface area contributed by atoms with Crippen LogP contribution in [-0.2, 0) is 0 Å². The summed E-state index contributed by atoms with van der Waals surface area (Å²) in [5.41, 5.74) is -0.341. The fraction of sp³-hybridized carbons (Fsp3) is 0.462. The third kappa shape index (κ3) is 3.67. The Morgan fingerprint density at radius 3 is 2.37 bits per heavy atom. The number of phenols is 1. The van der Waals surface area contributed by atoms with Crippen LogP contribution in [0.2, 0.25) is 0 Å². The van der Waals surface area contributed by atoms with Crippen molar-refractivity contribution in [1.29, 1.82) is 0 Å². The summed E-state index contributed by atoms with van der Waals surface area (Å²) in [4.78, 5) is 24.2. The van der Waals surface area contributed by atoms with E-state index in [0.29, 0.717) is 13.1 Å². The Morgan fingerprint density at radius 2 is 1.89 bits per heavy atom. The summed E-state index contributed by atoms with van der Waals surface area (Å²) in [5.74, 6) is -0.562. The summed E-state index contributed by atoms with van der Waals surface area (Å²) in [5, 5.41) is 20.3. The molecular weight excluding hydrogens is 248 g/mol. The number of nitro benzene ring substituents is 1. The molecule has 1 N–H and O–H groups in total. The van der Waals surface area contributed by atoms with Crippen LogP contribution in [0.1, 0.15) is 37.0 Å². The Kier molecular flexibility index (Phi) is 5.29. The number of rotatable bonds is 6. The largest absolute Gasteiger partial charge is 0.508 e. The van der Waals surface area contributed by atoms with Crippen molar-refractivity contribution in [2.75, 3.05) is 13.1 Å². The smallest absolute Gasteiger partial charge is 0.282 e. The molecule has 0 aromatic heterocycles. The fourth-order valence-corrected chi connectivity index (χ4v) is 1.88. The van der Waals surface area contributed by atoms with Gasteiger partial charge in [0.15, 0.2) is 0 Å². The van der Waals surface area contributed by atoms with Gasteiger partial charge in [-0.05, 0) is 25.0 Å². The van der Waals surface area contributed by atoms with Gasteiger partial charge in [-0.15, -0.1) is 0 Å². The van der Waals surface area contributed by atoms with E-state index in [1.807, 2.05) is 13.8 Å². The molecule has 0 spiro atoms. The number of carbonyl (C=O) groups is 1. The van der Waals surface area contributed by atoms with E-state index in [-0.39, 0.29) is 17.0 Å². The van der Waals surface area contributed by atoms with E-state index >= 15 is 0 Å². The number of nitro groups is 1. The van der Waals surface area contributed by atoms with E-state index in [9.17, 15) is 20.0 Å². The summed E-state index contributed by atoms with van der Waals surface area (Å²) < 4.78 is 0. The molecule has 1 aromatic rings. The molecule has 0 aliphatic rings. The molecule has 0 saturated heterocycles. The predicted octanol–water partition coefficient (Wildman–Crippen LogP) is 2.56. The molecule has 104 valence electrons. The highest BCUT2D eigenvalue weighted by atomic mass is 16.6. The van der Waals surface area contributed by atoms with E-state index < -0.39 is 10.8 Å². The van der Waals surface area contributed by atoms with Crippen molar-refractivity contribution in [3.8, 4) is 5.75 Å². The van der Waals surface area contributed by atoms with Gasteiger partial charge in [-0.25, -0.2) is 0 Å². The third-order valence-electron chi connectivity index (χ3n) is 2.68. The molecule has 6 heteroatoms. The first-order chi connectivity index (χ1) is 9.01. The predicted molar refractivity (Wildman–Crippen MR) is 71.2 cm³/mol. The molecule has 0 fully saturated rings. The normalized spacial score (nSPS) is 10.2. The number of hydrogen-bond acceptors (Lipinski definition) is 4. The lowest BCUT2D eigenvalue weighted by Crippen LogP contribution is -2.32. The lowest BCUT2D eigenvalue weighted by atomic mass is 10.1. The second kappa shape index (κ2) is 6.72. The zero-order valence-corrected chi connectivity index (χ0v) is 11.1. The van der Waals surface area contributed by atoms with Crippen LogP contribution in [0.15, 0.2) is 18.2 Å². The molecule has 1 aromatic carbocycles. The SMILES string of the molecule is CCCN(CCC)C(=O)c1cc(O)ccc1[N+](=O)[O-]. The average molecular weight is 266 g/mol.